The van der Waals surface area contributed by atoms with E-state index in [1.54, 1.807) is 0 Å². The fraction of sp³-hybridized carbons (Fsp3) is 0.800. The predicted molar refractivity (Wildman–Crippen MR) is 28.7 cm³/mol. The third kappa shape index (κ3) is 0.980. The molecule has 46 valence electrons. The van der Waals surface area contributed by atoms with Gasteiger partial charge in [0, 0.05) is 0 Å². The van der Waals surface area contributed by atoms with Gasteiger partial charge in [-0.3, -0.25) is 4.79 Å². The first kappa shape index (κ1) is 5.56. The molecule has 1 rings (SSSR count). The molecule has 0 aromatic heterocycles. The van der Waals surface area contributed by atoms with Crippen molar-refractivity contribution in [2.45, 2.75) is 18.9 Å². The molecular formula is C5H9NO2. The molecule has 1 aliphatic rings. The molecule has 0 aromatic rings. The van der Waals surface area contributed by atoms with Crippen molar-refractivity contribution in [3.05, 3.63) is 0 Å². The summed E-state index contributed by atoms with van der Waals surface area (Å²) in [6.45, 7) is 0.858. The Morgan fingerprint density at radius 2 is 2.50 bits per heavy atom. The van der Waals surface area contributed by atoms with Gasteiger partial charge in [-0.1, -0.05) is 0 Å². The quantitative estimate of drug-likeness (QED) is 0.467. The zero-order valence-corrected chi connectivity index (χ0v) is 4.55. The summed E-state index contributed by atoms with van der Waals surface area (Å²) in [7, 11) is 0. The number of hydrogen-bond acceptors (Lipinski definition) is 2. The number of aliphatic carboxylic acids is 1. The van der Waals surface area contributed by atoms with Gasteiger partial charge in [-0.05, 0) is 19.4 Å². The minimum absolute atomic E-state index is 0.269. The van der Waals surface area contributed by atoms with Crippen LogP contribution in [0.2, 0.25) is 0 Å². The highest BCUT2D eigenvalue weighted by molar-refractivity contribution is 5.73. The van der Waals surface area contributed by atoms with Gasteiger partial charge in [0.2, 0.25) is 0 Å². The van der Waals surface area contributed by atoms with Gasteiger partial charge in [0.05, 0.1) is 0 Å². The van der Waals surface area contributed by atoms with Gasteiger partial charge >= 0.3 is 5.97 Å². The van der Waals surface area contributed by atoms with E-state index in [9.17, 15) is 4.79 Å². The van der Waals surface area contributed by atoms with Crippen LogP contribution < -0.4 is 5.32 Å². The molecule has 8 heavy (non-hydrogen) atoms. The number of carboxylic acids is 1. The highest BCUT2D eigenvalue weighted by Crippen LogP contribution is 2.03. The molecule has 0 saturated carbocycles. The number of hydrogen-bond donors (Lipinski definition) is 2. The number of carbonyl (C=O) groups is 1. The van der Waals surface area contributed by atoms with E-state index in [0.717, 1.165) is 19.4 Å². The summed E-state index contributed by atoms with van der Waals surface area (Å²) in [5.41, 5.74) is 0. The topological polar surface area (TPSA) is 49.3 Å². The Morgan fingerprint density at radius 1 is 1.75 bits per heavy atom. The van der Waals surface area contributed by atoms with Gasteiger partial charge in [-0.25, -0.2) is 0 Å². The summed E-state index contributed by atoms with van der Waals surface area (Å²) >= 11 is 0. The van der Waals surface area contributed by atoms with Crippen molar-refractivity contribution in [1.29, 1.82) is 0 Å². The first-order chi connectivity index (χ1) is 3.80. The monoisotopic (exact) mass is 116 g/mol. The number of nitrogens with one attached hydrogen (secondary N) is 1. The lowest BCUT2D eigenvalue weighted by Crippen LogP contribution is -2.29. The van der Waals surface area contributed by atoms with Gasteiger partial charge in [0.15, 0.2) is 0 Å². The minimum Gasteiger partial charge on any atom is -0.480 e. The van der Waals surface area contributed by atoms with Crippen LogP contribution in [-0.4, -0.2) is 23.7 Å². The summed E-state index contributed by atoms with van der Waals surface area (Å²) < 4.78 is 0. The Labute approximate surface area is 47.7 Å². The third-order valence-electron chi connectivity index (χ3n) is 1.36. The van der Waals surface area contributed by atoms with E-state index < -0.39 is 5.97 Å². The van der Waals surface area contributed by atoms with Gasteiger partial charge in [0.25, 0.3) is 0 Å². The van der Waals surface area contributed by atoms with Gasteiger partial charge < -0.3 is 10.4 Å². The number of rotatable bonds is 1. The minimum atomic E-state index is -0.720. The van der Waals surface area contributed by atoms with Gasteiger partial charge in [0.1, 0.15) is 6.04 Å². The first-order valence-corrected chi connectivity index (χ1v) is 2.77. The molecule has 0 radical (unpaired) electrons. The SMILES string of the molecule is O=C(O)C1CCC[15NH]1. The van der Waals surface area contributed by atoms with Crippen molar-refractivity contribution in [2.24, 2.45) is 0 Å². The molecule has 0 bridgehead atoms. The molecule has 1 saturated heterocycles. The van der Waals surface area contributed by atoms with E-state index in [1.807, 2.05) is 0 Å². The van der Waals surface area contributed by atoms with Crippen LogP contribution >= 0.6 is 0 Å². The molecule has 0 amide bonds. The largest absolute Gasteiger partial charge is 0.480 e. The fourth-order valence-electron chi connectivity index (χ4n) is 0.895. The standard InChI is InChI=1S/C5H9NO2/c7-5(8)4-2-1-3-6-4/h4,6H,1-3H2,(H,7,8)/i6+1. The third-order valence-corrected chi connectivity index (χ3v) is 1.36. The Kier molecular flexibility index (Phi) is 1.48. The molecule has 1 fully saturated rings. The van der Waals surface area contributed by atoms with Crippen molar-refractivity contribution in [2.75, 3.05) is 6.54 Å². The van der Waals surface area contributed by atoms with Crippen LogP contribution in [0, 0.1) is 0 Å². The molecule has 3 heteroatoms. The van der Waals surface area contributed by atoms with E-state index in [2.05, 4.69) is 5.32 Å². The van der Waals surface area contributed by atoms with Crippen LogP contribution in [0.1, 0.15) is 12.8 Å². The molecule has 1 atom stereocenters. The normalized spacial score (nSPS) is 28.2. The summed E-state index contributed by atoms with van der Waals surface area (Å²) in [5.74, 6) is -0.720. The van der Waals surface area contributed by atoms with E-state index in [4.69, 9.17) is 5.11 Å². The van der Waals surface area contributed by atoms with E-state index in [0.29, 0.717) is 0 Å². The van der Waals surface area contributed by atoms with Crippen molar-refractivity contribution >= 4 is 5.97 Å². The molecule has 0 aliphatic carbocycles. The summed E-state index contributed by atoms with van der Waals surface area (Å²) in [4.78, 5) is 10.1. The molecule has 3 nitrogen and oxygen atoms in total. The van der Waals surface area contributed by atoms with E-state index in [1.165, 1.54) is 0 Å². The lowest BCUT2D eigenvalue weighted by molar-refractivity contribution is -0.139. The maximum atomic E-state index is 10.1. The second-order valence-corrected chi connectivity index (χ2v) is 1.99. The Balaban J connectivity index is 2.35. The van der Waals surface area contributed by atoms with Crippen LogP contribution in [0.4, 0.5) is 0 Å². The van der Waals surface area contributed by atoms with Gasteiger partial charge in [-0.15, -0.1) is 0 Å². The highest BCUT2D eigenvalue weighted by Gasteiger charge is 2.20. The zero-order chi connectivity index (χ0) is 5.98. The first-order valence-electron chi connectivity index (χ1n) is 2.77. The number of carboxylic acid groups (broad SMARTS) is 1. The lowest BCUT2D eigenvalue weighted by atomic mass is 10.2. The molecule has 0 aromatic carbocycles. The van der Waals surface area contributed by atoms with Crippen molar-refractivity contribution < 1.29 is 9.90 Å². The van der Waals surface area contributed by atoms with Crippen molar-refractivity contribution in [3.63, 3.8) is 0 Å². The average molecular weight is 116 g/mol. The molecule has 1 heterocycles. The summed E-state index contributed by atoms with van der Waals surface area (Å²) in [5, 5.41) is 11.2. The zero-order valence-electron chi connectivity index (χ0n) is 4.55. The van der Waals surface area contributed by atoms with Crippen LogP contribution in [0.5, 0.6) is 0 Å². The molecule has 0 spiro atoms. The molecule has 1 aliphatic heterocycles. The Bertz CT molecular complexity index is 96.6. The Hall–Kier alpha value is -0.570. The molecular weight excluding hydrogens is 107 g/mol. The second kappa shape index (κ2) is 2.13. The molecule has 2 N–H and O–H groups in total. The highest BCUT2D eigenvalue weighted by atomic mass is 16.4. The summed E-state index contributed by atoms with van der Waals surface area (Å²) in [6.07, 6.45) is 1.78. The van der Waals surface area contributed by atoms with Crippen LogP contribution in [-0.2, 0) is 4.79 Å². The van der Waals surface area contributed by atoms with Crippen molar-refractivity contribution in [3.8, 4) is 0 Å². The van der Waals surface area contributed by atoms with Crippen LogP contribution in [0.3, 0.4) is 0 Å². The molecule has 1 unspecified atom stereocenters. The predicted octanol–water partition coefficient (Wildman–Crippen LogP) is -0.177. The van der Waals surface area contributed by atoms with Crippen molar-refractivity contribution in [1.82, 2.24) is 5.32 Å². The van der Waals surface area contributed by atoms with E-state index in [-0.39, 0.29) is 6.04 Å². The maximum absolute atomic E-state index is 10.1. The Morgan fingerprint density at radius 3 is 2.75 bits per heavy atom. The van der Waals surface area contributed by atoms with E-state index >= 15 is 0 Å². The lowest BCUT2D eigenvalue weighted by Gasteiger charge is -1.99. The van der Waals surface area contributed by atoms with Crippen LogP contribution in [0.25, 0.3) is 0 Å². The fourth-order valence-corrected chi connectivity index (χ4v) is 0.895. The average Bonchev–Trinajstić information content (AvgIpc) is 2.12. The second-order valence-electron chi connectivity index (χ2n) is 1.99. The van der Waals surface area contributed by atoms with Crippen LogP contribution in [0.15, 0.2) is 0 Å². The van der Waals surface area contributed by atoms with Gasteiger partial charge in [-0.2, -0.15) is 0 Å². The summed E-state index contributed by atoms with van der Waals surface area (Å²) in [6, 6.07) is -0.269. The maximum Gasteiger partial charge on any atom is 0.320 e. The smallest absolute Gasteiger partial charge is 0.320 e.